The molecule has 18 heavy (non-hydrogen) atoms. The van der Waals surface area contributed by atoms with Gasteiger partial charge in [0.1, 0.15) is 17.3 Å². The molecule has 4 nitrogen and oxygen atoms in total. The summed E-state index contributed by atoms with van der Waals surface area (Å²) >= 11 is 5.90. The van der Waals surface area contributed by atoms with Gasteiger partial charge >= 0.3 is 0 Å². The Hall–Kier alpha value is -1.16. The van der Waals surface area contributed by atoms with Crippen LogP contribution >= 0.6 is 11.6 Å². The van der Waals surface area contributed by atoms with E-state index in [0.717, 1.165) is 12.8 Å². The van der Waals surface area contributed by atoms with Crippen LogP contribution in [0.4, 0.5) is 5.82 Å². The van der Waals surface area contributed by atoms with Crippen LogP contribution in [0.15, 0.2) is 6.33 Å². The van der Waals surface area contributed by atoms with Crippen LogP contribution in [0.5, 0.6) is 0 Å². The number of anilines is 1. The Morgan fingerprint density at radius 3 is 2.94 bits per heavy atom. The number of hydrogen-bond acceptors (Lipinski definition) is 4. The van der Waals surface area contributed by atoms with Crippen molar-refractivity contribution in [3.63, 3.8) is 0 Å². The lowest BCUT2D eigenvalue weighted by molar-refractivity contribution is 0.112. The number of rotatable bonds is 4. The lowest BCUT2D eigenvalue weighted by atomic mass is 9.83. The highest BCUT2D eigenvalue weighted by atomic mass is 35.5. The third kappa shape index (κ3) is 2.80. The van der Waals surface area contributed by atoms with Gasteiger partial charge in [-0.3, -0.25) is 4.79 Å². The molecule has 1 fully saturated rings. The minimum atomic E-state index is 0.214. The van der Waals surface area contributed by atoms with E-state index in [1.807, 2.05) is 0 Å². The van der Waals surface area contributed by atoms with E-state index in [0.29, 0.717) is 29.6 Å². The normalized spacial score (nSPS) is 23.7. The van der Waals surface area contributed by atoms with Gasteiger partial charge in [0.25, 0.3) is 0 Å². The second-order valence-electron chi connectivity index (χ2n) is 4.75. The number of nitrogens with one attached hydrogen (secondary N) is 1. The summed E-state index contributed by atoms with van der Waals surface area (Å²) in [4.78, 5) is 19.0. The van der Waals surface area contributed by atoms with Crippen molar-refractivity contribution in [2.45, 2.75) is 45.1 Å². The zero-order chi connectivity index (χ0) is 13.0. The summed E-state index contributed by atoms with van der Waals surface area (Å²) in [5.74, 6) is 1.21. The Kier molecular flexibility index (Phi) is 4.53. The smallest absolute Gasteiger partial charge is 0.156 e. The highest BCUT2D eigenvalue weighted by Gasteiger charge is 2.24. The van der Waals surface area contributed by atoms with Gasteiger partial charge in [0, 0.05) is 6.04 Å². The van der Waals surface area contributed by atoms with Crippen molar-refractivity contribution in [1.82, 2.24) is 9.97 Å². The van der Waals surface area contributed by atoms with E-state index in [9.17, 15) is 4.79 Å². The topological polar surface area (TPSA) is 54.9 Å². The first-order valence-electron chi connectivity index (χ1n) is 6.48. The van der Waals surface area contributed by atoms with Gasteiger partial charge in [0.2, 0.25) is 0 Å². The molecule has 2 rings (SSSR count). The number of nitrogens with zero attached hydrogens (tertiary/aromatic N) is 2. The van der Waals surface area contributed by atoms with Gasteiger partial charge in [-0.1, -0.05) is 37.8 Å². The summed E-state index contributed by atoms with van der Waals surface area (Å²) in [6, 6.07) is 0.383. The molecular weight excluding hydrogens is 250 g/mol. The van der Waals surface area contributed by atoms with Gasteiger partial charge in [-0.15, -0.1) is 0 Å². The van der Waals surface area contributed by atoms with Crippen molar-refractivity contribution < 1.29 is 4.79 Å². The Bertz CT molecular complexity index is 425. The molecular formula is C13H18ClN3O. The van der Waals surface area contributed by atoms with E-state index in [-0.39, 0.29) is 5.15 Å². The summed E-state index contributed by atoms with van der Waals surface area (Å²) in [5.41, 5.74) is 0.361. The minimum Gasteiger partial charge on any atom is -0.366 e. The number of carbonyl (C=O) groups is 1. The Morgan fingerprint density at radius 1 is 1.44 bits per heavy atom. The molecule has 1 heterocycles. The van der Waals surface area contributed by atoms with Crippen LogP contribution in [-0.2, 0) is 0 Å². The van der Waals surface area contributed by atoms with Crippen molar-refractivity contribution in [3.8, 4) is 0 Å². The van der Waals surface area contributed by atoms with E-state index in [1.165, 1.54) is 25.6 Å². The number of aldehydes is 1. The molecule has 2 atom stereocenters. The van der Waals surface area contributed by atoms with Crippen LogP contribution in [0.2, 0.25) is 5.15 Å². The first-order chi connectivity index (χ1) is 8.76. The van der Waals surface area contributed by atoms with Crippen molar-refractivity contribution in [2.75, 3.05) is 5.32 Å². The SMILES string of the molecule is CCC1CCCCC1Nc1ncnc(Cl)c1C=O. The van der Waals surface area contributed by atoms with E-state index >= 15 is 0 Å². The van der Waals surface area contributed by atoms with Gasteiger partial charge in [-0.2, -0.15) is 0 Å². The lowest BCUT2D eigenvalue weighted by Gasteiger charge is -2.32. The van der Waals surface area contributed by atoms with Crippen LogP contribution in [0.1, 0.15) is 49.4 Å². The van der Waals surface area contributed by atoms with E-state index in [1.54, 1.807) is 0 Å². The second kappa shape index (κ2) is 6.14. The van der Waals surface area contributed by atoms with Crippen LogP contribution in [-0.4, -0.2) is 22.3 Å². The highest BCUT2D eigenvalue weighted by Crippen LogP contribution is 2.30. The number of halogens is 1. The third-order valence-corrected chi connectivity index (χ3v) is 4.01. The third-order valence-electron chi connectivity index (χ3n) is 3.71. The minimum absolute atomic E-state index is 0.214. The Morgan fingerprint density at radius 2 is 2.22 bits per heavy atom. The summed E-state index contributed by atoms with van der Waals surface area (Å²) in [7, 11) is 0. The second-order valence-corrected chi connectivity index (χ2v) is 5.11. The van der Waals surface area contributed by atoms with E-state index < -0.39 is 0 Å². The fourth-order valence-corrected chi connectivity index (χ4v) is 2.83. The zero-order valence-electron chi connectivity index (χ0n) is 10.5. The first kappa shape index (κ1) is 13.3. The maximum absolute atomic E-state index is 11.0. The number of carbonyl (C=O) groups excluding carboxylic acids is 1. The molecule has 2 unspecified atom stereocenters. The summed E-state index contributed by atoms with van der Waals surface area (Å²) < 4.78 is 0. The highest BCUT2D eigenvalue weighted by molar-refractivity contribution is 6.32. The maximum atomic E-state index is 11.0. The molecule has 0 amide bonds. The van der Waals surface area contributed by atoms with Gasteiger partial charge in [-0.25, -0.2) is 9.97 Å². The van der Waals surface area contributed by atoms with Gasteiger partial charge in [0.15, 0.2) is 6.29 Å². The van der Waals surface area contributed by atoms with Crippen molar-refractivity contribution in [1.29, 1.82) is 0 Å². The molecule has 98 valence electrons. The van der Waals surface area contributed by atoms with Gasteiger partial charge < -0.3 is 5.32 Å². The molecule has 1 saturated carbocycles. The molecule has 0 spiro atoms. The molecule has 1 aromatic rings. The molecule has 0 saturated heterocycles. The number of hydrogen-bond donors (Lipinski definition) is 1. The predicted molar refractivity (Wildman–Crippen MR) is 72.1 cm³/mol. The largest absolute Gasteiger partial charge is 0.366 e. The zero-order valence-corrected chi connectivity index (χ0v) is 11.3. The average Bonchev–Trinajstić information content (AvgIpc) is 2.40. The Labute approximate surface area is 112 Å². The van der Waals surface area contributed by atoms with Crippen LogP contribution in [0, 0.1) is 5.92 Å². The molecule has 0 aromatic carbocycles. The molecule has 1 aliphatic rings. The maximum Gasteiger partial charge on any atom is 0.156 e. The fraction of sp³-hybridized carbons (Fsp3) is 0.615. The van der Waals surface area contributed by atoms with Gasteiger partial charge in [0.05, 0.1) is 5.56 Å². The monoisotopic (exact) mass is 267 g/mol. The Balaban J connectivity index is 2.17. The predicted octanol–water partition coefficient (Wildman–Crippen LogP) is 3.32. The van der Waals surface area contributed by atoms with Crippen molar-refractivity contribution >= 4 is 23.7 Å². The van der Waals surface area contributed by atoms with Crippen molar-refractivity contribution in [2.24, 2.45) is 5.92 Å². The standard InChI is InChI=1S/C13H18ClN3O/c1-2-9-5-3-4-6-11(9)17-13-10(7-18)12(14)15-8-16-13/h7-9,11H,2-6H2,1H3,(H,15,16,17). The van der Waals surface area contributed by atoms with Crippen molar-refractivity contribution in [3.05, 3.63) is 17.0 Å². The molecule has 1 aromatic heterocycles. The molecule has 0 aliphatic heterocycles. The molecule has 5 heteroatoms. The van der Waals surface area contributed by atoms with Crippen LogP contribution in [0.25, 0.3) is 0 Å². The molecule has 1 N–H and O–H groups in total. The van der Waals surface area contributed by atoms with Crippen LogP contribution < -0.4 is 5.32 Å². The quantitative estimate of drug-likeness (QED) is 0.672. The van der Waals surface area contributed by atoms with E-state index in [2.05, 4.69) is 22.2 Å². The van der Waals surface area contributed by atoms with Crippen LogP contribution in [0.3, 0.4) is 0 Å². The molecule has 1 aliphatic carbocycles. The first-order valence-corrected chi connectivity index (χ1v) is 6.86. The average molecular weight is 268 g/mol. The summed E-state index contributed by atoms with van der Waals surface area (Å²) in [6.45, 7) is 2.21. The fourth-order valence-electron chi connectivity index (χ4n) is 2.66. The molecule has 0 radical (unpaired) electrons. The van der Waals surface area contributed by atoms with Gasteiger partial charge in [-0.05, 0) is 18.8 Å². The molecule has 0 bridgehead atoms. The summed E-state index contributed by atoms with van der Waals surface area (Å²) in [5, 5.41) is 3.59. The summed E-state index contributed by atoms with van der Waals surface area (Å²) in [6.07, 6.45) is 8.13. The lowest BCUT2D eigenvalue weighted by Crippen LogP contribution is -2.32. The van der Waals surface area contributed by atoms with E-state index in [4.69, 9.17) is 11.6 Å². The number of aromatic nitrogens is 2.